The molecule has 1 aliphatic heterocycles. The summed E-state index contributed by atoms with van der Waals surface area (Å²) in [5.41, 5.74) is 0.552. The van der Waals surface area contributed by atoms with Crippen LogP contribution in [-0.4, -0.2) is 47.1 Å². The fourth-order valence-corrected chi connectivity index (χ4v) is 3.07. The van der Waals surface area contributed by atoms with E-state index < -0.39 is 0 Å². The standard InChI is InChI=1S/C17H19N3O3S/c1-24-15-5-4-14(23-15)17(22)20-9-6-13(7-10-20)19-16(21)12-3-2-8-18-11-12/h2-5,8,11,13H,6-7,9-10H2,1H3,(H,19,21). The van der Waals surface area contributed by atoms with Gasteiger partial charge < -0.3 is 14.6 Å². The molecule has 126 valence electrons. The van der Waals surface area contributed by atoms with Crippen molar-refractivity contribution in [3.63, 3.8) is 0 Å². The number of rotatable bonds is 4. The van der Waals surface area contributed by atoms with Gasteiger partial charge in [0.05, 0.1) is 5.56 Å². The van der Waals surface area contributed by atoms with Crippen LogP contribution in [0.15, 0.2) is 46.2 Å². The number of pyridine rings is 1. The number of likely N-dealkylation sites (tertiary alicyclic amines) is 1. The molecule has 0 aromatic carbocycles. The molecule has 0 aliphatic carbocycles. The van der Waals surface area contributed by atoms with Crippen molar-refractivity contribution in [1.29, 1.82) is 0 Å². The lowest BCUT2D eigenvalue weighted by molar-refractivity contribution is 0.0662. The Kier molecular flexibility index (Phi) is 5.20. The van der Waals surface area contributed by atoms with Gasteiger partial charge >= 0.3 is 0 Å². The van der Waals surface area contributed by atoms with Crippen LogP contribution in [0, 0.1) is 0 Å². The van der Waals surface area contributed by atoms with E-state index in [1.54, 1.807) is 41.6 Å². The molecular formula is C17H19N3O3S. The van der Waals surface area contributed by atoms with E-state index in [1.807, 2.05) is 6.26 Å². The van der Waals surface area contributed by atoms with E-state index in [1.165, 1.54) is 11.8 Å². The van der Waals surface area contributed by atoms with Crippen LogP contribution in [-0.2, 0) is 0 Å². The number of hydrogen-bond donors (Lipinski definition) is 1. The Morgan fingerprint density at radius 1 is 1.29 bits per heavy atom. The fraction of sp³-hybridized carbons (Fsp3) is 0.353. The highest BCUT2D eigenvalue weighted by molar-refractivity contribution is 7.98. The summed E-state index contributed by atoms with van der Waals surface area (Å²) in [6, 6.07) is 7.06. The Hall–Kier alpha value is -2.28. The molecule has 3 heterocycles. The second kappa shape index (κ2) is 7.53. The van der Waals surface area contributed by atoms with E-state index >= 15 is 0 Å². The number of thioether (sulfide) groups is 1. The molecule has 0 bridgehead atoms. The van der Waals surface area contributed by atoms with Gasteiger partial charge in [-0.05, 0) is 43.4 Å². The largest absolute Gasteiger partial charge is 0.445 e. The second-order valence-corrected chi connectivity index (χ2v) is 6.42. The van der Waals surface area contributed by atoms with Gasteiger partial charge in [-0.15, -0.1) is 0 Å². The molecule has 0 spiro atoms. The van der Waals surface area contributed by atoms with E-state index in [2.05, 4.69) is 10.3 Å². The van der Waals surface area contributed by atoms with Crippen LogP contribution < -0.4 is 5.32 Å². The number of aromatic nitrogens is 1. The number of carbonyl (C=O) groups is 2. The zero-order valence-corrected chi connectivity index (χ0v) is 14.2. The van der Waals surface area contributed by atoms with Crippen LogP contribution in [0.1, 0.15) is 33.8 Å². The summed E-state index contributed by atoms with van der Waals surface area (Å²) in [7, 11) is 0. The molecule has 2 amide bonds. The summed E-state index contributed by atoms with van der Waals surface area (Å²) in [6.45, 7) is 1.21. The Balaban J connectivity index is 1.52. The molecule has 2 aromatic rings. The third kappa shape index (κ3) is 3.79. The lowest BCUT2D eigenvalue weighted by Crippen LogP contribution is -2.46. The molecule has 24 heavy (non-hydrogen) atoms. The fourth-order valence-electron chi connectivity index (χ4n) is 2.69. The van der Waals surface area contributed by atoms with Gasteiger partial charge in [-0.3, -0.25) is 14.6 Å². The predicted octanol–water partition coefficient (Wildman–Crippen LogP) is 2.43. The molecule has 0 atom stereocenters. The van der Waals surface area contributed by atoms with E-state index in [4.69, 9.17) is 4.42 Å². The van der Waals surface area contributed by atoms with Crippen molar-refractivity contribution in [2.24, 2.45) is 0 Å². The summed E-state index contributed by atoms with van der Waals surface area (Å²) >= 11 is 1.47. The number of furan rings is 1. The molecule has 1 saturated heterocycles. The first-order valence-electron chi connectivity index (χ1n) is 7.81. The number of piperidine rings is 1. The highest BCUT2D eigenvalue weighted by atomic mass is 32.2. The maximum Gasteiger partial charge on any atom is 0.289 e. The quantitative estimate of drug-likeness (QED) is 0.862. The normalized spacial score (nSPS) is 15.3. The van der Waals surface area contributed by atoms with Crippen LogP contribution in [0.3, 0.4) is 0 Å². The molecule has 1 N–H and O–H groups in total. The Morgan fingerprint density at radius 2 is 2.08 bits per heavy atom. The topological polar surface area (TPSA) is 75.4 Å². The minimum absolute atomic E-state index is 0.0696. The molecule has 7 heteroatoms. The SMILES string of the molecule is CSc1ccc(C(=O)N2CCC(NC(=O)c3cccnc3)CC2)o1. The molecule has 0 radical (unpaired) electrons. The van der Waals surface area contributed by atoms with Gasteiger partial charge in [0.15, 0.2) is 10.9 Å². The maximum absolute atomic E-state index is 12.4. The molecule has 6 nitrogen and oxygen atoms in total. The first-order chi connectivity index (χ1) is 11.7. The van der Waals surface area contributed by atoms with Crippen LogP contribution in [0.5, 0.6) is 0 Å². The van der Waals surface area contributed by atoms with Crippen molar-refractivity contribution in [3.05, 3.63) is 48.0 Å². The van der Waals surface area contributed by atoms with Gasteiger partial charge in [-0.2, -0.15) is 0 Å². The summed E-state index contributed by atoms with van der Waals surface area (Å²) in [4.78, 5) is 30.3. The lowest BCUT2D eigenvalue weighted by atomic mass is 10.0. The number of carbonyl (C=O) groups excluding carboxylic acids is 2. The summed E-state index contributed by atoms with van der Waals surface area (Å²) in [6.07, 6.45) is 6.55. The molecule has 2 aromatic heterocycles. The molecular weight excluding hydrogens is 326 g/mol. The Labute approximate surface area is 144 Å². The third-order valence-corrected chi connectivity index (χ3v) is 4.66. The molecule has 3 rings (SSSR count). The maximum atomic E-state index is 12.4. The van der Waals surface area contributed by atoms with Gasteiger partial charge in [-0.25, -0.2) is 0 Å². The van der Waals surface area contributed by atoms with Crippen LogP contribution in [0.4, 0.5) is 0 Å². The van der Waals surface area contributed by atoms with Crippen LogP contribution in [0.2, 0.25) is 0 Å². The number of nitrogens with zero attached hydrogens (tertiary/aromatic N) is 2. The number of hydrogen-bond acceptors (Lipinski definition) is 5. The van der Waals surface area contributed by atoms with Crippen molar-refractivity contribution in [1.82, 2.24) is 15.2 Å². The van der Waals surface area contributed by atoms with Crippen molar-refractivity contribution < 1.29 is 14.0 Å². The highest BCUT2D eigenvalue weighted by Crippen LogP contribution is 2.21. The van der Waals surface area contributed by atoms with Gasteiger partial charge in [0.1, 0.15) is 0 Å². The molecule has 1 aliphatic rings. The van der Waals surface area contributed by atoms with E-state index in [0.29, 0.717) is 24.4 Å². The zero-order chi connectivity index (χ0) is 16.9. The van der Waals surface area contributed by atoms with Crippen LogP contribution in [0.25, 0.3) is 0 Å². The van der Waals surface area contributed by atoms with E-state index in [0.717, 1.165) is 17.9 Å². The van der Waals surface area contributed by atoms with Crippen molar-refractivity contribution in [3.8, 4) is 0 Å². The lowest BCUT2D eigenvalue weighted by Gasteiger charge is -2.31. The van der Waals surface area contributed by atoms with Gasteiger partial charge in [0.2, 0.25) is 0 Å². The number of nitrogens with one attached hydrogen (secondary N) is 1. The van der Waals surface area contributed by atoms with Crippen molar-refractivity contribution in [2.75, 3.05) is 19.3 Å². The average Bonchev–Trinajstić information content (AvgIpc) is 3.11. The Bertz CT molecular complexity index is 709. The molecule has 0 unspecified atom stereocenters. The summed E-state index contributed by atoms with van der Waals surface area (Å²) in [5.74, 6) is 0.160. The molecule has 0 saturated carbocycles. The Morgan fingerprint density at radius 3 is 2.71 bits per heavy atom. The average molecular weight is 345 g/mol. The third-order valence-electron chi connectivity index (χ3n) is 4.03. The predicted molar refractivity (Wildman–Crippen MR) is 91.1 cm³/mol. The first kappa shape index (κ1) is 16.6. The second-order valence-electron chi connectivity index (χ2n) is 5.60. The highest BCUT2D eigenvalue weighted by Gasteiger charge is 2.26. The van der Waals surface area contributed by atoms with E-state index in [-0.39, 0.29) is 17.9 Å². The summed E-state index contributed by atoms with van der Waals surface area (Å²) < 4.78 is 5.49. The van der Waals surface area contributed by atoms with Crippen LogP contribution >= 0.6 is 11.8 Å². The summed E-state index contributed by atoms with van der Waals surface area (Å²) in [5, 5.41) is 3.74. The minimum atomic E-state index is -0.122. The molecule has 1 fully saturated rings. The van der Waals surface area contributed by atoms with Gasteiger partial charge in [0.25, 0.3) is 11.8 Å². The van der Waals surface area contributed by atoms with Crippen molar-refractivity contribution >= 4 is 23.6 Å². The zero-order valence-electron chi connectivity index (χ0n) is 13.4. The smallest absolute Gasteiger partial charge is 0.289 e. The number of amides is 2. The van der Waals surface area contributed by atoms with E-state index in [9.17, 15) is 9.59 Å². The minimum Gasteiger partial charge on any atom is -0.445 e. The van der Waals surface area contributed by atoms with Gasteiger partial charge in [0, 0.05) is 31.5 Å². The monoisotopic (exact) mass is 345 g/mol. The van der Waals surface area contributed by atoms with Gasteiger partial charge in [-0.1, -0.05) is 11.8 Å². The first-order valence-corrected chi connectivity index (χ1v) is 9.04. The van der Waals surface area contributed by atoms with Crippen molar-refractivity contribution in [2.45, 2.75) is 24.0 Å².